The molecule has 1 aliphatic heterocycles. The molecular formula is C18H26N4O2. The van der Waals surface area contributed by atoms with Crippen molar-refractivity contribution in [2.75, 3.05) is 26.7 Å². The van der Waals surface area contributed by atoms with Gasteiger partial charge in [-0.05, 0) is 37.0 Å². The fraction of sp³-hybridized carbons (Fsp3) is 0.556. The fourth-order valence-electron chi connectivity index (χ4n) is 3.08. The maximum atomic E-state index is 11.9. The number of guanidine groups is 1. The maximum Gasteiger partial charge on any atom is 0.223 e. The van der Waals surface area contributed by atoms with Crippen molar-refractivity contribution in [3.05, 3.63) is 29.8 Å². The van der Waals surface area contributed by atoms with Crippen LogP contribution in [-0.4, -0.2) is 49.6 Å². The van der Waals surface area contributed by atoms with Crippen molar-refractivity contribution in [2.45, 2.75) is 31.7 Å². The van der Waals surface area contributed by atoms with Gasteiger partial charge in [0.05, 0.1) is 7.11 Å². The number of likely N-dealkylation sites (tertiary alicyclic amines) is 1. The average Bonchev–Trinajstić information content (AvgIpc) is 3.36. The van der Waals surface area contributed by atoms with Crippen molar-refractivity contribution in [1.82, 2.24) is 10.2 Å². The second-order valence-electron chi connectivity index (χ2n) is 6.60. The Morgan fingerprint density at radius 3 is 2.79 bits per heavy atom. The number of nitrogens with two attached hydrogens (primary N) is 1. The molecule has 1 aromatic carbocycles. The van der Waals surface area contributed by atoms with E-state index in [-0.39, 0.29) is 5.91 Å². The Bertz CT molecular complexity index is 596. The molecule has 2 aliphatic rings. The van der Waals surface area contributed by atoms with Gasteiger partial charge in [-0.3, -0.25) is 9.79 Å². The summed E-state index contributed by atoms with van der Waals surface area (Å²) in [5, 5.41) is 3.14. The Hall–Kier alpha value is -2.24. The highest BCUT2D eigenvalue weighted by Gasteiger charge is 2.38. The first-order chi connectivity index (χ1) is 11.7. The molecule has 1 aromatic rings. The van der Waals surface area contributed by atoms with Crippen LogP contribution in [0.3, 0.4) is 0 Å². The third-order valence-electron chi connectivity index (χ3n) is 4.62. The number of nitrogens with zero attached hydrogens (tertiary/aromatic N) is 2. The molecule has 0 bridgehead atoms. The Kier molecular flexibility index (Phi) is 5.23. The summed E-state index contributed by atoms with van der Waals surface area (Å²) in [6.45, 7) is 2.20. The Morgan fingerprint density at radius 2 is 2.12 bits per heavy atom. The van der Waals surface area contributed by atoms with Crippen LogP contribution < -0.4 is 15.8 Å². The first-order valence-corrected chi connectivity index (χ1v) is 8.62. The molecule has 130 valence electrons. The molecule has 1 atom stereocenters. The normalized spacial score (nSPS) is 21.2. The molecule has 1 heterocycles. The molecule has 24 heavy (non-hydrogen) atoms. The van der Waals surface area contributed by atoms with E-state index in [0.717, 1.165) is 38.1 Å². The van der Waals surface area contributed by atoms with Crippen LogP contribution in [0.1, 0.15) is 24.8 Å². The average molecular weight is 330 g/mol. The van der Waals surface area contributed by atoms with E-state index in [9.17, 15) is 4.79 Å². The number of benzene rings is 1. The summed E-state index contributed by atoms with van der Waals surface area (Å²) in [7, 11) is 1.66. The quantitative estimate of drug-likeness (QED) is 0.581. The third-order valence-corrected chi connectivity index (χ3v) is 4.62. The third kappa shape index (κ3) is 4.40. The number of nitrogens with one attached hydrogen (secondary N) is 1. The second kappa shape index (κ2) is 7.55. The van der Waals surface area contributed by atoms with Crippen LogP contribution >= 0.6 is 0 Å². The van der Waals surface area contributed by atoms with E-state index < -0.39 is 0 Å². The van der Waals surface area contributed by atoms with Crippen molar-refractivity contribution < 1.29 is 9.53 Å². The van der Waals surface area contributed by atoms with E-state index in [1.165, 1.54) is 5.56 Å². The maximum absolute atomic E-state index is 11.9. The number of hydrogen-bond acceptors (Lipinski definition) is 3. The minimum atomic E-state index is 0.281. The van der Waals surface area contributed by atoms with E-state index in [0.29, 0.717) is 30.9 Å². The largest absolute Gasteiger partial charge is 0.497 e. The zero-order valence-corrected chi connectivity index (χ0v) is 14.2. The van der Waals surface area contributed by atoms with Gasteiger partial charge >= 0.3 is 0 Å². The van der Waals surface area contributed by atoms with Gasteiger partial charge in [0.25, 0.3) is 0 Å². The first kappa shape index (κ1) is 16.6. The predicted octanol–water partition coefficient (Wildman–Crippen LogP) is 1.15. The standard InChI is InChI=1S/C18H26N4O2/c1-24-16-6-2-13(3-7-16)8-9-20-18(19)21-11-14-10-17(23)22(12-14)15-4-5-15/h2-3,6-7,14-15H,4-5,8-12H2,1H3,(H3,19,20,21). The van der Waals surface area contributed by atoms with Gasteiger partial charge in [-0.2, -0.15) is 0 Å². The van der Waals surface area contributed by atoms with Crippen LogP contribution in [0.5, 0.6) is 5.75 Å². The van der Waals surface area contributed by atoms with Crippen LogP contribution in [-0.2, 0) is 11.2 Å². The lowest BCUT2D eigenvalue weighted by Gasteiger charge is -2.14. The van der Waals surface area contributed by atoms with Crippen molar-refractivity contribution in [1.29, 1.82) is 0 Å². The van der Waals surface area contributed by atoms with E-state index in [1.807, 2.05) is 29.2 Å². The number of amides is 1. The number of rotatable bonds is 7. The lowest BCUT2D eigenvalue weighted by atomic mass is 10.1. The van der Waals surface area contributed by atoms with Gasteiger partial charge in [-0.1, -0.05) is 12.1 Å². The van der Waals surface area contributed by atoms with Crippen LogP contribution in [0.15, 0.2) is 29.3 Å². The Balaban J connectivity index is 1.37. The molecule has 1 unspecified atom stereocenters. The van der Waals surface area contributed by atoms with E-state index in [4.69, 9.17) is 10.5 Å². The zero-order chi connectivity index (χ0) is 16.9. The predicted molar refractivity (Wildman–Crippen MR) is 94.0 cm³/mol. The molecule has 1 saturated carbocycles. The number of hydrogen-bond donors (Lipinski definition) is 2. The number of carbonyl (C=O) groups is 1. The van der Waals surface area contributed by atoms with Gasteiger partial charge < -0.3 is 20.7 Å². The van der Waals surface area contributed by atoms with Crippen LogP contribution in [0.4, 0.5) is 0 Å². The van der Waals surface area contributed by atoms with Crippen LogP contribution in [0.25, 0.3) is 0 Å². The van der Waals surface area contributed by atoms with Gasteiger partial charge in [0, 0.05) is 38.0 Å². The lowest BCUT2D eigenvalue weighted by molar-refractivity contribution is -0.128. The van der Waals surface area contributed by atoms with Crippen molar-refractivity contribution >= 4 is 11.9 Å². The monoisotopic (exact) mass is 330 g/mol. The molecule has 3 rings (SSSR count). The molecule has 1 aliphatic carbocycles. The number of aliphatic imine (C=N–C) groups is 1. The topological polar surface area (TPSA) is 80.0 Å². The van der Waals surface area contributed by atoms with E-state index in [2.05, 4.69) is 10.3 Å². The fourth-order valence-corrected chi connectivity index (χ4v) is 3.08. The number of ether oxygens (including phenoxy) is 1. The summed E-state index contributed by atoms with van der Waals surface area (Å²) < 4.78 is 5.14. The molecule has 1 saturated heterocycles. The number of carbonyl (C=O) groups excluding carboxylic acids is 1. The van der Waals surface area contributed by atoms with Crippen molar-refractivity contribution in [2.24, 2.45) is 16.6 Å². The summed E-state index contributed by atoms with van der Waals surface area (Å²) in [6, 6.07) is 8.51. The molecule has 6 nitrogen and oxygen atoms in total. The van der Waals surface area contributed by atoms with E-state index in [1.54, 1.807) is 7.11 Å². The lowest BCUT2D eigenvalue weighted by Crippen LogP contribution is -2.34. The molecule has 3 N–H and O–H groups in total. The molecule has 1 amide bonds. The van der Waals surface area contributed by atoms with Crippen LogP contribution in [0, 0.1) is 5.92 Å². The SMILES string of the molecule is COc1ccc(CCNC(N)=NCC2CC(=O)N(C3CC3)C2)cc1. The summed E-state index contributed by atoms with van der Waals surface area (Å²) in [4.78, 5) is 18.3. The first-order valence-electron chi connectivity index (χ1n) is 8.62. The van der Waals surface area contributed by atoms with Gasteiger partial charge in [-0.15, -0.1) is 0 Å². The molecule has 0 spiro atoms. The van der Waals surface area contributed by atoms with Crippen molar-refractivity contribution in [3.8, 4) is 5.75 Å². The minimum absolute atomic E-state index is 0.281. The molecule has 2 fully saturated rings. The minimum Gasteiger partial charge on any atom is -0.497 e. The highest BCUT2D eigenvalue weighted by atomic mass is 16.5. The highest BCUT2D eigenvalue weighted by Crippen LogP contribution is 2.32. The Labute approximate surface area is 143 Å². The van der Waals surface area contributed by atoms with Gasteiger partial charge in [0.15, 0.2) is 5.96 Å². The highest BCUT2D eigenvalue weighted by molar-refractivity contribution is 5.80. The molecule has 6 heteroatoms. The summed E-state index contributed by atoms with van der Waals surface area (Å²) in [6.07, 6.45) is 3.81. The summed E-state index contributed by atoms with van der Waals surface area (Å²) >= 11 is 0. The zero-order valence-electron chi connectivity index (χ0n) is 14.2. The number of methoxy groups -OCH3 is 1. The van der Waals surface area contributed by atoms with Gasteiger partial charge in [-0.25, -0.2) is 0 Å². The second-order valence-corrected chi connectivity index (χ2v) is 6.60. The molecule has 0 aromatic heterocycles. The van der Waals surface area contributed by atoms with Gasteiger partial charge in [0.2, 0.25) is 5.91 Å². The Morgan fingerprint density at radius 1 is 1.38 bits per heavy atom. The smallest absolute Gasteiger partial charge is 0.223 e. The van der Waals surface area contributed by atoms with E-state index >= 15 is 0 Å². The van der Waals surface area contributed by atoms with Crippen molar-refractivity contribution in [3.63, 3.8) is 0 Å². The summed E-state index contributed by atoms with van der Waals surface area (Å²) in [5.74, 6) is 1.91. The molecule has 0 radical (unpaired) electrons. The van der Waals surface area contributed by atoms with Crippen LogP contribution in [0.2, 0.25) is 0 Å². The molecular weight excluding hydrogens is 304 g/mol. The summed E-state index contributed by atoms with van der Waals surface area (Å²) in [5.41, 5.74) is 7.14. The van der Waals surface area contributed by atoms with Gasteiger partial charge in [0.1, 0.15) is 5.75 Å².